The molecule has 2 fully saturated rings. The molecule has 0 aliphatic carbocycles. The van der Waals surface area contributed by atoms with Crippen molar-refractivity contribution < 1.29 is 38.7 Å². The minimum Gasteiger partial charge on any atom is -0.478 e. The molecule has 5 rings (SSSR count). The van der Waals surface area contributed by atoms with E-state index in [1.165, 1.54) is 42.5 Å². The van der Waals surface area contributed by atoms with Crippen LogP contribution in [0.15, 0.2) is 71.1 Å². The lowest BCUT2D eigenvalue weighted by Crippen LogP contribution is -2.55. The van der Waals surface area contributed by atoms with Gasteiger partial charge in [0.25, 0.3) is 5.69 Å². The van der Waals surface area contributed by atoms with Gasteiger partial charge in [-0.3, -0.25) is 19.8 Å². The number of benzene rings is 2. The molecule has 0 spiro atoms. The Labute approximate surface area is 285 Å². The number of esters is 1. The highest BCUT2D eigenvalue weighted by Crippen LogP contribution is 2.44. The number of aliphatic carboxylic acids is 1. The monoisotopic (exact) mass is 680 g/mol. The summed E-state index contributed by atoms with van der Waals surface area (Å²) in [7, 11) is 1.17. The molecular weight excluding hydrogens is 635 g/mol. The van der Waals surface area contributed by atoms with Gasteiger partial charge in [-0.25, -0.2) is 14.0 Å². The predicted octanol–water partition coefficient (Wildman–Crippen LogP) is 5.83. The molecule has 2 saturated heterocycles. The first-order valence-corrected chi connectivity index (χ1v) is 16.2. The molecule has 2 aromatic carbocycles. The van der Waals surface area contributed by atoms with Crippen LogP contribution in [-0.4, -0.2) is 80.2 Å². The van der Waals surface area contributed by atoms with Gasteiger partial charge < -0.3 is 20.4 Å². The summed E-state index contributed by atoms with van der Waals surface area (Å²) in [5, 5.41) is 35.8. The molecule has 3 heterocycles. The Kier molecular flexibility index (Phi) is 11.1. The number of piperidine rings is 1. The van der Waals surface area contributed by atoms with Crippen LogP contribution in [0, 0.1) is 21.8 Å². The number of dihydropyridines is 1. The maximum absolute atomic E-state index is 13.0. The maximum Gasteiger partial charge on any atom is 0.336 e. The number of Topliss-reactive ketones (excluding diaryl/α,β-unsaturated/α-hetero) is 1. The largest absolute Gasteiger partial charge is 0.478 e. The number of nitrogens with zero attached hydrogens (tertiary/aromatic N) is 3. The Morgan fingerprint density at radius 1 is 0.980 bits per heavy atom. The van der Waals surface area contributed by atoms with Gasteiger partial charge in [-0.05, 0) is 98.2 Å². The van der Waals surface area contributed by atoms with E-state index in [0.29, 0.717) is 17.0 Å². The predicted molar refractivity (Wildman–Crippen MR) is 179 cm³/mol. The molecule has 3 N–H and O–H groups in total. The Morgan fingerprint density at radius 3 is 2.06 bits per heavy atom. The third-order valence-electron chi connectivity index (χ3n) is 9.94. The van der Waals surface area contributed by atoms with E-state index in [2.05, 4.69) is 37.9 Å². The van der Waals surface area contributed by atoms with Crippen LogP contribution in [0.3, 0.4) is 0 Å². The zero-order chi connectivity index (χ0) is 36.4. The summed E-state index contributed by atoms with van der Waals surface area (Å²) in [6.07, 6.45) is 2.54. The fourth-order valence-corrected chi connectivity index (χ4v) is 7.50. The van der Waals surface area contributed by atoms with E-state index in [1.54, 1.807) is 32.0 Å². The minimum absolute atomic E-state index is 0.00414. The number of hydroxylamine groups is 2. The Bertz CT molecular complexity index is 1680. The van der Waals surface area contributed by atoms with Gasteiger partial charge in [-0.15, -0.1) is 0 Å². The van der Waals surface area contributed by atoms with Crippen molar-refractivity contribution in [2.45, 2.75) is 83.8 Å². The van der Waals surface area contributed by atoms with E-state index in [0.717, 1.165) is 32.4 Å². The number of ketones is 1. The van der Waals surface area contributed by atoms with E-state index < -0.39 is 22.8 Å². The van der Waals surface area contributed by atoms with Crippen molar-refractivity contribution in [2.24, 2.45) is 5.92 Å². The number of ether oxygens (including phenoxy) is 1. The molecule has 2 aromatic rings. The minimum atomic E-state index is -1.27. The lowest BCUT2D eigenvalue weighted by molar-refractivity contribution is -0.385. The lowest BCUT2D eigenvalue weighted by atomic mass is 9.80. The number of hydrogen-bond acceptors (Lipinski definition) is 10. The number of carbonyl (C=O) groups excluding carboxylic acids is 2. The number of allylic oxidation sites excluding steroid dienone is 2. The van der Waals surface area contributed by atoms with Gasteiger partial charge in [0.2, 0.25) is 0 Å². The number of carboxylic acid groups (broad SMARTS) is 1. The highest BCUT2D eigenvalue weighted by molar-refractivity contribution is 5.99. The normalized spacial score (nSPS) is 22.6. The molecule has 2 atom stereocenters. The number of carbonyl (C=O) groups is 3. The number of methoxy groups -OCH3 is 1. The number of nitrogens with one attached hydrogen (secondary N) is 1. The number of hydrogen-bond donors (Lipinski definition) is 3. The summed E-state index contributed by atoms with van der Waals surface area (Å²) in [6, 6.07) is 11.9. The first-order chi connectivity index (χ1) is 22.9. The maximum atomic E-state index is 13.0. The summed E-state index contributed by atoms with van der Waals surface area (Å²) in [5.41, 5.74) is 0.537. The van der Waals surface area contributed by atoms with Crippen molar-refractivity contribution in [3.8, 4) is 0 Å². The SMILES string of the molecule is CC1(C)CC(N2CCC(C(=O)c3ccc(F)cc3)CC2)C(C)(C)N1O.COC(=O)C1=C(C)NC(C)=C(C(=O)O)C1c1ccccc1[N+](=O)[O-]. The first kappa shape index (κ1) is 37.4. The van der Waals surface area contributed by atoms with Crippen molar-refractivity contribution in [3.05, 3.63) is 98.1 Å². The summed E-state index contributed by atoms with van der Waals surface area (Å²) < 4.78 is 17.8. The number of rotatable bonds is 7. The smallest absolute Gasteiger partial charge is 0.336 e. The van der Waals surface area contributed by atoms with Crippen molar-refractivity contribution in [1.29, 1.82) is 0 Å². The number of para-hydroxylation sites is 1. The second-order valence-electron chi connectivity index (χ2n) is 13.9. The van der Waals surface area contributed by atoms with Crippen molar-refractivity contribution >= 4 is 23.4 Å². The molecule has 2 unspecified atom stereocenters. The standard InChI is InChI=1S/C20H29FN2O2.C16H16N2O6/c1-19(2)13-17(20(3,4)23(19)25)22-11-9-15(10-12-22)18(24)14-5-7-16(21)8-6-14;1-8-12(15(19)20)14(13(9(2)17-8)16(21)24-3)10-6-4-5-7-11(10)18(22)23/h5-8,15,17,25H,9-13H2,1-4H3;4-7,14,17H,1-3H3,(H,19,20). The van der Waals surface area contributed by atoms with Gasteiger partial charge >= 0.3 is 11.9 Å². The van der Waals surface area contributed by atoms with Gasteiger partial charge in [0.1, 0.15) is 5.82 Å². The zero-order valence-corrected chi connectivity index (χ0v) is 28.9. The summed E-state index contributed by atoms with van der Waals surface area (Å²) in [4.78, 5) is 49.8. The Balaban J connectivity index is 0.000000221. The molecule has 13 heteroatoms. The topological polar surface area (TPSA) is 163 Å². The summed E-state index contributed by atoms with van der Waals surface area (Å²) in [6.45, 7) is 13.2. The summed E-state index contributed by atoms with van der Waals surface area (Å²) >= 11 is 0. The van der Waals surface area contributed by atoms with E-state index in [-0.39, 0.29) is 57.0 Å². The van der Waals surface area contributed by atoms with Gasteiger partial charge in [-0.1, -0.05) is 18.2 Å². The number of halogens is 1. The molecular formula is C36H45FN4O8. The third-order valence-corrected chi connectivity index (χ3v) is 9.94. The van der Waals surface area contributed by atoms with Crippen LogP contribution in [0.5, 0.6) is 0 Å². The summed E-state index contributed by atoms with van der Waals surface area (Å²) in [5.74, 6) is -3.30. The van der Waals surface area contributed by atoms with Crippen LogP contribution in [-0.2, 0) is 14.3 Å². The second-order valence-corrected chi connectivity index (χ2v) is 13.9. The van der Waals surface area contributed by atoms with Gasteiger partial charge in [-0.2, -0.15) is 5.06 Å². The molecule has 49 heavy (non-hydrogen) atoms. The number of likely N-dealkylation sites (tertiary alicyclic amines) is 1. The zero-order valence-electron chi connectivity index (χ0n) is 28.9. The number of carboxylic acids is 1. The van der Waals surface area contributed by atoms with Crippen LogP contribution >= 0.6 is 0 Å². The van der Waals surface area contributed by atoms with E-state index in [9.17, 15) is 39.2 Å². The van der Waals surface area contributed by atoms with E-state index >= 15 is 0 Å². The molecule has 0 saturated carbocycles. The Morgan fingerprint density at radius 2 is 1.55 bits per heavy atom. The average molecular weight is 681 g/mol. The van der Waals surface area contributed by atoms with Crippen LogP contribution in [0.1, 0.15) is 82.6 Å². The Hall–Kier alpha value is -4.46. The molecule has 3 aliphatic rings. The van der Waals surface area contributed by atoms with Crippen LogP contribution in [0.25, 0.3) is 0 Å². The van der Waals surface area contributed by atoms with Gasteiger partial charge in [0.15, 0.2) is 5.78 Å². The number of nitro groups is 1. The van der Waals surface area contributed by atoms with Crippen LogP contribution < -0.4 is 5.32 Å². The molecule has 0 aromatic heterocycles. The third kappa shape index (κ3) is 7.58. The van der Waals surface area contributed by atoms with Crippen molar-refractivity contribution in [2.75, 3.05) is 20.2 Å². The van der Waals surface area contributed by atoms with Crippen LogP contribution in [0.4, 0.5) is 10.1 Å². The lowest BCUT2D eigenvalue weighted by Gasteiger charge is -2.42. The highest BCUT2D eigenvalue weighted by atomic mass is 19.1. The van der Waals surface area contributed by atoms with Crippen molar-refractivity contribution in [1.82, 2.24) is 15.3 Å². The molecule has 12 nitrogen and oxygen atoms in total. The van der Waals surface area contributed by atoms with Gasteiger partial charge in [0, 0.05) is 46.1 Å². The molecule has 0 bridgehead atoms. The van der Waals surface area contributed by atoms with Crippen molar-refractivity contribution in [3.63, 3.8) is 0 Å². The molecule has 264 valence electrons. The average Bonchev–Trinajstić information content (AvgIpc) is 3.22. The highest BCUT2D eigenvalue weighted by Gasteiger charge is 2.53. The van der Waals surface area contributed by atoms with Crippen LogP contribution in [0.2, 0.25) is 0 Å². The molecule has 0 radical (unpaired) electrons. The van der Waals surface area contributed by atoms with E-state index in [4.69, 9.17) is 4.74 Å². The van der Waals surface area contributed by atoms with Gasteiger partial charge in [0.05, 0.1) is 34.6 Å². The molecule has 3 aliphatic heterocycles. The second kappa shape index (κ2) is 14.6. The first-order valence-electron chi connectivity index (χ1n) is 16.2. The quantitative estimate of drug-likeness (QED) is 0.140. The fraction of sp³-hybridized carbons (Fsp3) is 0.472. The van der Waals surface area contributed by atoms with E-state index in [1.807, 2.05) is 0 Å². The fourth-order valence-electron chi connectivity index (χ4n) is 7.50. The number of nitro benzene ring substituents is 1. The molecule has 0 amide bonds.